The molecule has 3 heterocycles. The molecule has 8 heteroatoms. The molecule has 1 fully saturated rings. The minimum atomic E-state index is -3.47. The second-order valence-electron chi connectivity index (χ2n) is 8.35. The van der Waals surface area contributed by atoms with Crippen LogP contribution in [0.25, 0.3) is 6.08 Å². The first kappa shape index (κ1) is 20.4. The number of fused-ring (bicyclic) bond motifs is 2. The second-order valence-corrected chi connectivity index (χ2v) is 10.0. The molecule has 2 aromatic carbocycles. The van der Waals surface area contributed by atoms with Crippen molar-refractivity contribution in [1.29, 1.82) is 0 Å². The Balaban J connectivity index is 1.21. The smallest absolute Gasteiger partial charge is 0.244 e. The molecular weight excluding hydrogens is 414 g/mol. The van der Waals surface area contributed by atoms with Gasteiger partial charge in [-0.2, -0.15) is 4.72 Å². The van der Waals surface area contributed by atoms with Crippen LogP contribution in [0.2, 0.25) is 0 Å². The van der Waals surface area contributed by atoms with Crippen molar-refractivity contribution in [3.05, 3.63) is 53.6 Å². The third-order valence-electron chi connectivity index (χ3n) is 6.29. The van der Waals surface area contributed by atoms with E-state index in [1.54, 1.807) is 19.2 Å². The standard InChI is InChI=1S/C23H27N3O4S/c1-29-19-6-7-21-18(13-19)12-16(15-30-21)14-26-10-8-17(9-11-26)23-24-20-4-2-3-5-22(20)31(27,28)25-23/h2-7,12-13,17,23-25H,8-11,14-15H2,1H3. The van der Waals surface area contributed by atoms with Crippen molar-refractivity contribution in [2.75, 3.05) is 38.7 Å². The van der Waals surface area contributed by atoms with Crippen molar-refractivity contribution >= 4 is 21.8 Å². The average molecular weight is 442 g/mol. The van der Waals surface area contributed by atoms with Crippen molar-refractivity contribution in [3.8, 4) is 11.5 Å². The molecule has 164 valence electrons. The number of nitrogens with zero attached hydrogens (tertiary/aromatic N) is 1. The molecule has 1 unspecified atom stereocenters. The molecule has 3 aliphatic rings. The molecule has 0 spiro atoms. The molecule has 2 aromatic rings. The molecule has 1 atom stereocenters. The van der Waals surface area contributed by atoms with E-state index in [1.807, 2.05) is 30.3 Å². The summed E-state index contributed by atoms with van der Waals surface area (Å²) < 4.78 is 39.3. The molecule has 0 amide bonds. The van der Waals surface area contributed by atoms with E-state index in [9.17, 15) is 8.42 Å². The maximum atomic E-state index is 12.6. The van der Waals surface area contributed by atoms with Crippen LogP contribution in [-0.4, -0.2) is 52.8 Å². The van der Waals surface area contributed by atoms with E-state index < -0.39 is 10.0 Å². The summed E-state index contributed by atoms with van der Waals surface area (Å²) in [6, 6.07) is 12.9. The van der Waals surface area contributed by atoms with Gasteiger partial charge in [-0.15, -0.1) is 0 Å². The number of anilines is 1. The number of rotatable bonds is 4. The van der Waals surface area contributed by atoms with Crippen LogP contribution in [0.1, 0.15) is 18.4 Å². The molecule has 2 N–H and O–H groups in total. The number of hydrogen-bond acceptors (Lipinski definition) is 6. The summed E-state index contributed by atoms with van der Waals surface area (Å²) in [5.41, 5.74) is 2.98. The van der Waals surface area contributed by atoms with Gasteiger partial charge < -0.3 is 14.8 Å². The Labute approximate surface area is 183 Å². The Kier molecular flexibility index (Phi) is 5.37. The molecule has 0 bridgehead atoms. The molecule has 1 saturated heterocycles. The van der Waals surface area contributed by atoms with Crippen LogP contribution in [0.15, 0.2) is 52.9 Å². The van der Waals surface area contributed by atoms with Gasteiger partial charge in [0.25, 0.3) is 0 Å². The summed E-state index contributed by atoms with van der Waals surface area (Å²) in [6.45, 7) is 3.30. The first-order chi connectivity index (χ1) is 15.0. The summed E-state index contributed by atoms with van der Waals surface area (Å²) in [4.78, 5) is 2.74. The van der Waals surface area contributed by atoms with Gasteiger partial charge in [0.05, 0.1) is 19.0 Å². The first-order valence-corrected chi connectivity index (χ1v) is 12.1. The number of nitrogens with one attached hydrogen (secondary N) is 2. The number of sulfonamides is 1. The van der Waals surface area contributed by atoms with Gasteiger partial charge >= 0.3 is 0 Å². The molecule has 7 nitrogen and oxygen atoms in total. The fourth-order valence-electron chi connectivity index (χ4n) is 4.61. The van der Waals surface area contributed by atoms with Gasteiger partial charge in [0, 0.05) is 12.1 Å². The maximum absolute atomic E-state index is 12.6. The van der Waals surface area contributed by atoms with Crippen LogP contribution >= 0.6 is 0 Å². The van der Waals surface area contributed by atoms with E-state index in [2.05, 4.69) is 21.0 Å². The number of methoxy groups -OCH3 is 1. The van der Waals surface area contributed by atoms with Crippen molar-refractivity contribution in [1.82, 2.24) is 9.62 Å². The molecule has 0 saturated carbocycles. The van der Waals surface area contributed by atoms with Crippen LogP contribution in [0, 0.1) is 5.92 Å². The molecule has 0 aromatic heterocycles. The number of ether oxygens (including phenoxy) is 2. The first-order valence-electron chi connectivity index (χ1n) is 10.6. The van der Waals surface area contributed by atoms with Gasteiger partial charge in [-0.1, -0.05) is 12.1 Å². The summed E-state index contributed by atoms with van der Waals surface area (Å²) in [5.74, 6) is 1.96. The van der Waals surface area contributed by atoms with E-state index >= 15 is 0 Å². The highest BCUT2D eigenvalue weighted by Gasteiger charge is 2.35. The maximum Gasteiger partial charge on any atom is 0.244 e. The van der Waals surface area contributed by atoms with Gasteiger partial charge in [-0.3, -0.25) is 4.90 Å². The van der Waals surface area contributed by atoms with E-state index in [0.29, 0.717) is 17.2 Å². The Morgan fingerprint density at radius 1 is 1.16 bits per heavy atom. The van der Waals surface area contributed by atoms with Gasteiger partial charge in [-0.25, -0.2) is 8.42 Å². The Hall–Kier alpha value is -2.55. The number of hydrogen-bond donors (Lipinski definition) is 2. The van der Waals surface area contributed by atoms with Crippen LogP contribution < -0.4 is 19.5 Å². The SMILES string of the molecule is COc1ccc2c(c1)C=C(CN1CCC(C3Nc4ccccc4S(=O)(=O)N3)CC1)CO2. The molecule has 0 aliphatic carbocycles. The lowest BCUT2D eigenvalue weighted by Gasteiger charge is -2.39. The molecule has 3 aliphatic heterocycles. The van der Waals surface area contributed by atoms with Crippen molar-refractivity contribution in [2.45, 2.75) is 23.9 Å². The van der Waals surface area contributed by atoms with Crippen LogP contribution in [-0.2, 0) is 10.0 Å². The topological polar surface area (TPSA) is 79.9 Å². The Bertz CT molecular complexity index is 1110. The monoisotopic (exact) mass is 441 g/mol. The zero-order chi connectivity index (χ0) is 21.4. The van der Waals surface area contributed by atoms with Crippen molar-refractivity contribution in [3.63, 3.8) is 0 Å². The van der Waals surface area contributed by atoms with Gasteiger partial charge in [0.15, 0.2) is 0 Å². The largest absolute Gasteiger partial charge is 0.497 e. The van der Waals surface area contributed by atoms with E-state index in [4.69, 9.17) is 9.47 Å². The summed E-state index contributed by atoms with van der Waals surface area (Å²) >= 11 is 0. The molecule has 31 heavy (non-hydrogen) atoms. The molecule has 0 radical (unpaired) electrons. The summed E-state index contributed by atoms with van der Waals surface area (Å²) in [7, 11) is -1.81. The minimum Gasteiger partial charge on any atom is -0.497 e. The van der Waals surface area contributed by atoms with Gasteiger partial charge in [-0.05, 0) is 73.8 Å². The highest BCUT2D eigenvalue weighted by atomic mass is 32.2. The third kappa shape index (κ3) is 4.15. The highest BCUT2D eigenvalue weighted by Crippen LogP contribution is 2.32. The lowest BCUT2D eigenvalue weighted by atomic mass is 9.93. The van der Waals surface area contributed by atoms with E-state index in [-0.39, 0.29) is 12.1 Å². The molecule has 5 rings (SSSR count). The predicted molar refractivity (Wildman–Crippen MR) is 120 cm³/mol. The Morgan fingerprint density at radius 2 is 1.97 bits per heavy atom. The van der Waals surface area contributed by atoms with Crippen molar-refractivity contribution in [2.24, 2.45) is 5.92 Å². The number of para-hydroxylation sites is 1. The number of benzene rings is 2. The zero-order valence-electron chi connectivity index (χ0n) is 17.5. The van der Waals surface area contributed by atoms with Crippen LogP contribution in [0.3, 0.4) is 0 Å². The quantitative estimate of drug-likeness (QED) is 0.760. The van der Waals surface area contributed by atoms with Gasteiger partial charge in [0.1, 0.15) is 23.0 Å². The number of piperidine rings is 1. The minimum absolute atomic E-state index is 0.251. The Morgan fingerprint density at radius 3 is 2.77 bits per heavy atom. The van der Waals surface area contributed by atoms with Crippen LogP contribution in [0.4, 0.5) is 5.69 Å². The highest BCUT2D eigenvalue weighted by molar-refractivity contribution is 7.89. The van der Waals surface area contributed by atoms with Crippen molar-refractivity contribution < 1.29 is 17.9 Å². The van der Waals surface area contributed by atoms with E-state index in [1.165, 1.54) is 5.57 Å². The third-order valence-corrected chi connectivity index (χ3v) is 7.79. The van der Waals surface area contributed by atoms with Crippen LogP contribution in [0.5, 0.6) is 11.5 Å². The predicted octanol–water partition coefficient (Wildman–Crippen LogP) is 2.91. The van der Waals surface area contributed by atoms with E-state index in [0.717, 1.165) is 49.5 Å². The normalized spacial score (nSPS) is 23.0. The lowest BCUT2D eigenvalue weighted by molar-refractivity contribution is 0.176. The number of likely N-dealkylation sites (tertiary alicyclic amines) is 1. The second kappa shape index (κ2) is 8.18. The fraction of sp³-hybridized carbons (Fsp3) is 0.391. The zero-order valence-corrected chi connectivity index (χ0v) is 18.3. The molecular formula is C23H27N3O4S. The summed E-state index contributed by atoms with van der Waals surface area (Å²) in [5, 5.41) is 3.39. The van der Waals surface area contributed by atoms with Gasteiger partial charge in [0.2, 0.25) is 10.0 Å². The fourth-order valence-corrected chi connectivity index (χ4v) is 6.00. The average Bonchev–Trinajstić information content (AvgIpc) is 2.78. The lowest BCUT2D eigenvalue weighted by Crippen LogP contribution is -2.52. The summed E-state index contributed by atoms with van der Waals surface area (Å²) in [6.07, 6.45) is 3.79.